The second kappa shape index (κ2) is 8.31. The molecule has 1 heterocycles. The Morgan fingerprint density at radius 2 is 1.88 bits per heavy atom. The van der Waals surface area contributed by atoms with Gasteiger partial charge in [-0.1, -0.05) is 35.9 Å². The molecule has 1 N–H and O–H groups in total. The van der Waals surface area contributed by atoms with Crippen LogP contribution in [-0.2, 0) is 0 Å². The fourth-order valence-electron chi connectivity index (χ4n) is 2.27. The Labute approximate surface area is 155 Å². The molecule has 0 saturated heterocycles. The van der Waals surface area contributed by atoms with Crippen LogP contribution in [-0.4, -0.2) is 28.8 Å². The van der Waals surface area contributed by atoms with Gasteiger partial charge in [0.2, 0.25) is 0 Å². The normalized spacial score (nSPS) is 10.3. The highest BCUT2D eigenvalue weighted by molar-refractivity contribution is 6.30. The molecular weight excluding hydrogens is 354 g/mol. The van der Waals surface area contributed by atoms with E-state index < -0.39 is 0 Å². The number of para-hydroxylation sites is 1. The summed E-state index contributed by atoms with van der Waals surface area (Å²) in [4.78, 5) is 24.2. The van der Waals surface area contributed by atoms with Crippen LogP contribution >= 0.6 is 11.6 Å². The number of hydrogen-bond acceptors (Lipinski definition) is 4. The van der Waals surface area contributed by atoms with Crippen LogP contribution in [0.15, 0.2) is 71.5 Å². The van der Waals surface area contributed by atoms with Crippen molar-refractivity contribution in [3.05, 3.63) is 87.8 Å². The maximum atomic E-state index is 12.2. The Balaban J connectivity index is 1.61. The van der Waals surface area contributed by atoms with Crippen molar-refractivity contribution in [1.29, 1.82) is 0 Å². The van der Waals surface area contributed by atoms with Gasteiger partial charge in [-0.05, 0) is 36.4 Å². The van der Waals surface area contributed by atoms with E-state index in [9.17, 15) is 9.59 Å². The zero-order valence-electron chi connectivity index (χ0n) is 13.8. The minimum absolute atomic E-state index is 0.149. The lowest BCUT2D eigenvalue weighted by Gasteiger charge is -2.09. The van der Waals surface area contributed by atoms with Gasteiger partial charge >= 0.3 is 0 Å². The number of benzene rings is 2. The topological polar surface area (TPSA) is 73.2 Å². The maximum Gasteiger partial charge on any atom is 0.271 e. The Kier molecular flexibility index (Phi) is 5.66. The second-order valence-corrected chi connectivity index (χ2v) is 5.80. The van der Waals surface area contributed by atoms with Crippen LogP contribution in [0.4, 0.5) is 0 Å². The molecule has 0 fully saturated rings. The molecule has 0 aliphatic rings. The van der Waals surface area contributed by atoms with Gasteiger partial charge in [-0.25, -0.2) is 0 Å². The van der Waals surface area contributed by atoms with Gasteiger partial charge in [0.05, 0.1) is 12.2 Å². The number of hydrogen-bond donors (Lipinski definition) is 1. The average molecular weight is 370 g/mol. The predicted molar refractivity (Wildman–Crippen MR) is 99.1 cm³/mol. The van der Waals surface area contributed by atoms with Crippen molar-refractivity contribution in [1.82, 2.24) is 15.1 Å². The number of rotatable bonds is 6. The highest BCUT2D eigenvalue weighted by atomic mass is 35.5. The molecule has 3 rings (SSSR count). The van der Waals surface area contributed by atoms with Crippen LogP contribution in [0.3, 0.4) is 0 Å². The van der Waals surface area contributed by atoms with Gasteiger partial charge in [-0.15, -0.1) is 0 Å². The summed E-state index contributed by atoms with van der Waals surface area (Å²) in [6.07, 6.45) is 0. The van der Waals surface area contributed by atoms with Gasteiger partial charge in [0, 0.05) is 11.1 Å². The van der Waals surface area contributed by atoms with E-state index in [1.165, 1.54) is 16.8 Å². The van der Waals surface area contributed by atoms with Gasteiger partial charge in [0.15, 0.2) is 0 Å². The molecule has 0 aliphatic heterocycles. The minimum Gasteiger partial charge on any atom is -0.492 e. The van der Waals surface area contributed by atoms with E-state index >= 15 is 0 Å². The van der Waals surface area contributed by atoms with Gasteiger partial charge < -0.3 is 10.1 Å². The highest BCUT2D eigenvalue weighted by Crippen LogP contribution is 2.16. The van der Waals surface area contributed by atoms with Crippen LogP contribution in [0.1, 0.15) is 10.5 Å². The molecule has 2 aromatic carbocycles. The van der Waals surface area contributed by atoms with Crippen LogP contribution in [0.5, 0.6) is 5.75 Å². The fraction of sp³-hybridized carbons (Fsp3) is 0.105. The summed E-state index contributed by atoms with van der Waals surface area (Å²) >= 11 is 5.88. The summed E-state index contributed by atoms with van der Waals surface area (Å²) < 4.78 is 6.70. The molecule has 0 radical (unpaired) electrons. The number of carbonyl (C=O) groups excluding carboxylic acids is 1. The first-order valence-corrected chi connectivity index (χ1v) is 8.34. The van der Waals surface area contributed by atoms with E-state index in [1.807, 2.05) is 6.07 Å². The number of ether oxygens (including phenoxy) is 1. The van der Waals surface area contributed by atoms with E-state index in [0.717, 1.165) is 0 Å². The molecule has 3 aromatic rings. The van der Waals surface area contributed by atoms with Gasteiger partial charge in [0.1, 0.15) is 18.1 Å². The average Bonchev–Trinajstić information content (AvgIpc) is 2.66. The van der Waals surface area contributed by atoms with E-state index in [-0.39, 0.29) is 30.3 Å². The molecule has 6 nitrogen and oxygen atoms in total. The van der Waals surface area contributed by atoms with Crippen molar-refractivity contribution >= 4 is 17.5 Å². The summed E-state index contributed by atoms with van der Waals surface area (Å²) in [7, 11) is 0. The lowest BCUT2D eigenvalue weighted by Crippen LogP contribution is -2.31. The number of aromatic nitrogens is 2. The summed E-state index contributed by atoms with van der Waals surface area (Å²) in [6.45, 7) is 0.571. The number of halogens is 1. The smallest absolute Gasteiger partial charge is 0.271 e. The standard InChI is InChI=1S/C19H16ClN3O3/c20-14-5-4-8-16(13-14)26-12-11-21-19(25)17-9-10-18(24)23(22-17)15-6-2-1-3-7-15/h1-10,13H,11-12H2,(H,21,25). The third-order valence-electron chi connectivity index (χ3n) is 3.49. The summed E-state index contributed by atoms with van der Waals surface area (Å²) in [5.41, 5.74) is 0.435. The first-order chi connectivity index (χ1) is 12.6. The molecule has 7 heteroatoms. The van der Waals surface area contributed by atoms with E-state index in [0.29, 0.717) is 16.5 Å². The molecular formula is C19H16ClN3O3. The van der Waals surface area contributed by atoms with Crippen molar-refractivity contribution in [2.45, 2.75) is 0 Å². The van der Waals surface area contributed by atoms with Gasteiger partial charge in [0.25, 0.3) is 11.5 Å². The van der Waals surface area contributed by atoms with Crippen molar-refractivity contribution in [3.8, 4) is 11.4 Å². The predicted octanol–water partition coefficient (Wildman–Crippen LogP) is 2.69. The Bertz CT molecular complexity index is 957. The number of carbonyl (C=O) groups is 1. The van der Waals surface area contributed by atoms with E-state index in [2.05, 4.69) is 10.4 Å². The second-order valence-electron chi connectivity index (χ2n) is 5.37. The third-order valence-corrected chi connectivity index (χ3v) is 3.72. The van der Waals surface area contributed by atoms with Crippen LogP contribution in [0.2, 0.25) is 5.02 Å². The van der Waals surface area contributed by atoms with E-state index in [1.54, 1.807) is 48.5 Å². The number of amides is 1. The first-order valence-electron chi connectivity index (χ1n) is 7.96. The summed E-state index contributed by atoms with van der Waals surface area (Å²) in [5.74, 6) is 0.242. The monoisotopic (exact) mass is 369 g/mol. The van der Waals surface area contributed by atoms with Crippen LogP contribution in [0, 0.1) is 0 Å². The van der Waals surface area contributed by atoms with Crippen molar-refractivity contribution in [3.63, 3.8) is 0 Å². The lowest BCUT2D eigenvalue weighted by molar-refractivity contribution is 0.0940. The zero-order chi connectivity index (χ0) is 18.4. The molecule has 0 saturated carbocycles. The molecule has 132 valence electrons. The summed E-state index contributed by atoms with van der Waals surface area (Å²) in [6, 6.07) is 18.6. The van der Waals surface area contributed by atoms with Gasteiger partial charge in [-0.2, -0.15) is 9.78 Å². The Morgan fingerprint density at radius 3 is 2.65 bits per heavy atom. The highest BCUT2D eigenvalue weighted by Gasteiger charge is 2.10. The molecule has 0 spiro atoms. The minimum atomic E-state index is -0.385. The Morgan fingerprint density at radius 1 is 1.08 bits per heavy atom. The molecule has 0 aliphatic carbocycles. The third kappa shape index (κ3) is 4.49. The van der Waals surface area contributed by atoms with Gasteiger partial charge in [-0.3, -0.25) is 9.59 Å². The largest absolute Gasteiger partial charge is 0.492 e. The molecule has 0 atom stereocenters. The van der Waals surface area contributed by atoms with Crippen LogP contribution in [0.25, 0.3) is 5.69 Å². The Hall–Kier alpha value is -3.12. The maximum absolute atomic E-state index is 12.2. The van der Waals surface area contributed by atoms with Crippen molar-refractivity contribution in [2.24, 2.45) is 0 Å². The molecule has 0 bridgehead atoms. The summed E-state index contributed by atoms with van der Waals surface area (Å²) in [5, 5.41) is 7.41. The number of nitrogens with one attached hydrogen (secondary N) is 1. The van der Waals surface area contributed by atoms with Crippen molar-refractivity contribution < 1.29 is 9.53 Å². The quantitative estimate of drug-likeness (QED) is 0.678. The molecule has 1 amide bonds. The fourth-order valence-corrected chi connectivity index (χ4v) is 2.45. The first kappa shape index (κ1) is 17.7. The molecule has 1 aromatic heterocycles. The molecule has 26 heavy (non-hydrogen) atoms. The van der Waals surface area contributed by atoms with Crippen LogP contribution < -0.4 is 15.6 Å². The zero-order valence-corrected chi connectivity index (χ0v) is 14.5. The van der Waals surface area contributed by atoms with E-state index in [4.69, 9.17) is 16.3 Å². The number of nitrogens with zero attached hydrogens (tertiary/aromatic N) is 2. The lowest BCUT2D eigenvalue weighted by atomic mass is 10.3. The van der Waals surface area contributed by atoms with Crippen molar-refractivity contribution in [2.75, 3.05) is 13.2 Å². The molecule has 0 unspecified atom stereocenters. The SMILES string of the molecule is O=C(NCCOc1cccc(Cl)c1)c1ccc(=O)n(-c2ccccc2)n1.